The molecule has 0 fully saturated rings. The summed E-state index contributed by atoms with van der Waals surface area (Å²) in [4.78, 5) is 4.09. The monoisotopic (exact) mass is 169 g/mol. The molecule has 0 bridgehead atoms. The number of hydrogen-bond acceptors (Lipinski definition) is 3. The second-order valence-corrected chi connectivity index (χ2v) is 3.10. The van der Waals surface area contributed by atoms with Gasteiger partial charge in [0.2, 0.25) is 0 Å². The Labute approximate surface area is 75.5 Å². The van der Waals surface area contributed by atoms with Gasteiger partial charge in [-0.3, -0.25) is 4.98 Å². The normalized spacial score (nSPS) is 12.3. The Morgan fingerprint density at radius 2 is 2.00 bits per heavy atom. The fourth-order valence-corrected chi connectivity index (χ4v) is 1.75. The van der Waals surface area contributed by atoms with E-state index in [1.165, 1.54) is 16.7 Å². The van der Waals surface area contributed by atoms with E-state index in [-0.39, 0.29) is 0 Å². The lowest BCUT2D eigenvalue weighted by Crippen LogP contribution is -1.88. The highest BCUT2D eigenvalue weighted by Gasteiger charge is 2.18. The molecule has 0 amide bonds. The molecule has 3 rings (SSSR count). The first-order chi connectivity index (χ1) is 6.45. The van der Waals surface area contributed by atoms with Crippen LogP contribution in [-0.2, 0) is 6.42 Å². The van der Waals surface area contributed by atoms with Gasteiger partial charge in [0.05, 0.1) is 11.9 Å². The van der Waals surface area contributed by atoms with E-state index in [1.807, 2.05) is 24.5 Å². The Morgan fingerprint density at radius 1 is 1.08 bits per heavy atom. The second kappa shape index (κ2) is 2.36. The lowest BCUT2D eigenvalue weighted by molar-refractivity contribution is 0.957. The van der Waals surface area contributed by atoms with Crippen LogP contribution in [0.15, 0.2) is 30.7 Å². The van der Waals surface area contributed by atoms with Crippen LogP contribution in [0.5, 0.6) is 0 Å². The van der Waals surface area contributed by atoms with Crippen molar-refractivity contribution in [3.63, 3.8) is 0 Å². The van der Waals surface area contributed by atoms with Gasteiger partial charge in [0, 0.05) is 24.4 Å². The number of aromatic nitrogens is 3. The molecular formula is C10H7N3. The summed E-state index contributed by atoms with van der Waals surface area (Å²) in [7, 11) is 0. The van der Waals surface area contributed by atoms with Gasteiger partial charge >= 0.3 is 0 Å². The fourth-order valence-electron chi connectivity index (χ4n) is 1.75. The van der Waals surface area contributed by atoms with Gasteiger partial charge in [-0.2, -0.15) is 10.2 Å². The van der Waals surface area contributed by atoms with Gasteiger partial charge in [-0.1, -0.05) is 0 Å². The molecule has 2 aromatic heterocycles. The van der Waals surface area contributed by atoms with Gasteiger partial charge in [0.15, 0.2) is 0 Å². The third-order valence-electron chi connectivity index (χ3n) is 2.35. The predicted molar refractivity (Wildman–Crippen MR) is 48.1 cm³/mol. The minimum absolute atomic E-state index is 0.867. The van der Waals surface area contributed by atoms with E-state index in [4.69, 9.17) is 0 Å². The van der Waals surface area contributed by atoms with Crippen molar-refractivity contribution in [1.82, 2.24) is 15.2 Å². The lowest BCUT2D eigenvalue weighted by atomic mass is 10.1. The smallest absolute Gasteiger partial charge is 0.0753 e. The molecule has 2 aromatic rings. The van der Waals surface area contributed by atoms with Crippen LogP contribution in [0.4, 0.5) is 0 Å². The van der Waals surface area contributed by atoms with E-state index in [0.717, 1.165) is 12.1 Å². The molecule has 0 atom stereocenters. The van der Waals surface area contributed by atoms with Crippen molar-refractivity contribution in [3.05, 3.63) is 42.0 Å². The van der Waals surface area contributed by atoms with Crippen molar-refractivity contribution in [2.24, 2.45) is 0 Å². The maximum Gasteiger partial charge on any atom is 0.0753 e. The van der Waals surface area contributed by atoms with Crippen molar-refractivity contribution in [3.8, 4) is 11.1 Å². The minimum Gasteiger partial charge on any atom is -0.264 e. The zero-order valence-corrected chi connectivity index (χ0v) is 6.94. The van der Waals surface area contributed by atoms with Crippen LogP contribution >= 0.6 is 0 Å². The van der Waals surface area contributed by atoms with Gasteiger partial charge in [-0.25, -0.2) is 0 Å². The first kappa shape index (κ1) is 6.71. The number of fused-ring (bicyclic) bond motifs is 3. The maximum atomic E-state index is 4.10. The second-order valence-electron chi connectivity index (χ2n) is 3.10. The molecule has 0 aromatic carbocycles. The average molecular weight is 169 g/mol. The van der Waals surface area contributed by atoms with Gasteiger partial charge in [-0.15, -0.1) is 0 Å². The Morgan fingerprint density at radius 3 is 3.00 bits per heavy atom. The van der Waals surface area contributed by atoms with Gasteiger partial charge in [-0.05, 0) is 23.3 Å². The first-order valence-electron chi connectivity index (χ1n) is 4.19. The summed E-state index contributed by atoms with van der Waals surface area (Å²) in [5.74, 6) is 0. The first-order valence-corrected chi connectivity index (χ1v) is 4.19. The van der Waals surface area contributed by atoms with Crippen LogP contribution < -0.4 is 0 Å². The Hall–Kier alpha value is -1.77. The van der Waals surface area contributed by atoms with Crippen LogP contribution in [0.3, 0.4) is 0 Å². The third kappa shape index (κ3) is 0.869. The van der Waals surface area contributed by atoms with Crippen molar-refractivity contribution >= 4 is 0 Å². The molecule has 0 radical (unpaired) electrons. The van der Waals surface area contributed by atoms with E-state index < -0.39 is 0 Å². The van der Waals surface area contributed by atoms with Crippen LogP contribution in [0, 0.1) is 0 Å². The van der Waals surface area contributed by atoms with Crippen molar-refractivity contribution in [1.29, 1.82) is 0 Å². The Kier molecular flexibility index (Phi) is 1.22. The van der Waals surface area contributed by atoms with E-state index >= 15 is 0 Å². The van der Waals surface area contributed by atoms with Gasteiger partial charge in [0.25, 0.3) is 0 Å². The summed E-state index contributed by atoms with van der Waals surface area (Å²) < 4.78 is 0. The Balaban J connectivity index is 2.32. The molecule has 0 spiro atoms. The lowest BCUT2D eigenvalue weighted by Gasteiger charge is -1.96. The van der Waals surface area contributed by atoms with Crippen molar-refractivity contribution in [2.75, 3.05) is 0 Å². The summed E-state index contributed by atoms with van der Waals surface area (Å²) in [6.45, 7) is 0. The summed E-state index contributed by atoms with van der Waals surface area (Å²) in [6, 6.07) is 4.04. The molecule has 2 heterocycles. The summed E-state index contributed by atoms with van der Waals surface area (Å²) in [5, 5.41) is 7.97. The highest BCUT2D eigenvalue weighted by Crippen LogP contribution is 2.33. The predicted octanol–water partition coefficient (Wildman–Crippen LogP) is 1.44. The molecule has 0 aliphatic heterocycles. The average Bonchev–Trinajstić information content (AvgIpc) is 2.56. The molecule has 3 heteroatoms. The van der Waals surface area contributed by atoms with Crippen LogP contribution in [0.25, 0.3) is 11.1 Å². The van der Waals surface area contributed by atoms with Gasteiger partial charge < -0.3 is 0 Å². The fraction of sp³-hybridized carbons (Fsp3) is 0.100. The maximum absolute atomic E-state index is 4.10. The highest BCUT2D eigenvalue weighted by molar-refractivity contribution is 5.74. The molecule has 0 saturated carbocycles. The zero-order valence-electron chi connectivity index (χ0n) is 6.94. The summed E-state index contributed by atoms with van der Waals surface area (Å²) in [6.07, 6.45) is 6.31. The Bertz CT molecular complexity index is 422. The zero-order chi connectivity index (χ0) is 8.67. The van der Waals surface area contributed by atoms with E-state index in [0.29, 0.717) is 0 Å². The third-order valence-corrected chi connectivity index (χ3v) is 2.35. The molecule has 13 heavy (non-hydrogen) atoms. The van der Waals surface area contributed by atoms with Gasteiger partial charge in [0.1, 0.15) is 0 Å². The SMILES string of the molecule is c1cc2c(cn1)Cc1nnccc1-2. The minimum atomic E-state index is 0.867. The van der Waals surface area contributed by atoms with Crippen molar-refractivity contribution < 1.29 is 0 Å². The van der Waals surface area contributed by atoms with Crippen LogP contribution in [0.2, 0.25) is 0 Å². The topological polar surface area (TPSA) is 38.7 Å². The van der Waals surface area contributed by atoms with E-state index in [2.05, 4.69) is 15.2 Å². The molecule has 62 valence electrons. The van der Waals surface area contributed by atoms with Crippen molar-refractivity contribution in [2.45, 2.75) is 6.42 Å². The molecule has 0 N–H and O–H groups in total. The molecular weight excluding hydrogens is 162 g/mol. The van der Waals surface area contributed by atoms with E-state index in [9.17, 15) is 0 Å². The summed E-state index contributed by atoms with van der Waals surface area (Å²) >= 11 is 0. The molecule has 1 aliphatic carbocycles. The number of rotatable bonds is 0. The molecule has 0 unspecified atom stereocenters. The largest absolute Gasteiger partial charge is 0.264 e. The molecule has 1 aliphatic rings. The highest BCUT2D eigenvalue weighted by atomic mass is 15.1. The number of nitrogens with zero attached hydrogens (tertiary/aromatic N) is 3. The standard InChI is InChI=1S/C10H7N3/c1-3-11-6-7-5-10-9(8(1)7)2-4-12-13-10/h1-4,6H,5H2. The van der Waals surface area contributed by atoms with Crippen LogP contribution in [0.1, 0.15) is 11.3 Å². The number of hydrogen-bond donors (Lipinski definition) is 0. The molecule has 0 saturated heterocycles. The quantitative estimate of drug-likeness (QED) is 0.511. The van der Waals surface area contributed by atoms with E-state index in [1.54, 1.807) is 6.20 Å². The van der Waals surface area contributed by atoms with Crippen LogP contribution in [-0.4, -0.2) is 15.2 Å². The summed E-state index contributed by atoms with van der Waals surface area (Å²) in [5.41, 5.74) is 4.76. The molecule has 3 nitrogen and oxygen atoms in total. The number of pyridine rings is 1.